The van der Waals surface area contributed by atoms with Crippen molar-refractivity contribution >= 4 is 39.3 Å². The first kappa shape index (κ1) is 17.6. The molecule has 2 atom stereocenters. The van der Waals surface area contributed by atoms with E-state index in [1.165, 1.54) is 0 Å². The van der Waals surface area contributed by atoms with Gasteiger partial charge in [0.2, 0.25) is 5.91 Å². The molecule has 1 aromatic rings. The number of aromatic nitrogens is 2. The Morgan fingerprint density at radius 2 is 2.41 bits per heavy atom. The second-order valence-corrected chi connectivity index (χ2v) is 6.79. The van der Waals surface area contributed by atoms with Crippen molar-refractivity contribution in [2.75, 3.05) is 11.9 Å². The summed E-state index contributed by atoms with van der Waals surface area (Å²) in [5.74, 6) is 0.194. The van der Waals surface area contributed by atoms with E-state index in [1.54, 1.807) is 6.07 Å². The molecule has 0 spiro atoms. The van der Waals surface area contributed by atoms with E-state index >= 15 is 0 Å². The maximum atomic E-state index is 12.5. The third-order valence-corrected chi connectivity index (χ3v) is 4.44. The zero-order chi connectivity index (χ0) is 16.2. The molecule has 1 aliphatic rings. The number of amides is 1. The predicted molar refractivity (Wildman–Crippen MR) is 88.8 cm³/mol. The Hall–Kier alpha value is -0.760. The highest BCUT2D eigenvalue weighted by molar-refractivity contribution is 9.10. The average Bonchev–Trinajstić information content (AvgIpc) is 2.85. The second-order valence-electron chi connectivity index (χ2n) is 5.55. The van der Waals surface area contributed by atoms with Crippen molar-refractivity contribution in [3.05, 3.63) is 15.7 Å². The Balaban J connectivity index is 1.94. The van der Waals surface area contributed by atoms with Gasteiger partial charge in [-0.05, 0) is 48.2 Å². The number of halogens is 2. The van der Waals surface area contributed by atoms with Crippen LogP contribution in [-0.4, -0.2) is 34.5 Å². The van der Waals surface area contributed by atoms with E-state index in [-0.39, 0.29) is 17.3 Å². The molecule has 1 fully saturated rings. The van der Waals surface area contributed by atoms with Gasteiger partial charge < -0.3 is 10.1 Å². The molecule has 2 N–H and O–H groups in total. The van der Waals surface area contributed by atoms with E-state index < -0.39 is 5.54 Å². The van der Waals surface area contributed by atoms with E-state index in [4.69, 9.17) is 16.3 Å². The lowest BCUT2D eigenvalue weighted by Crippen LogP contribution is -2.50. The summed E-state index contributed by atoms with van der Waals surface area (Å²) in [5, 5.41) is 13.9. The number of anilines is 1. The van der Waals surface area contributed by atoms with Crippen LogP contribution < -0.4 is 10.6 Å². The number of hydrogen-bond donors (Lipinski definition) is 2. The molecule has 0 aromatic carbocycles. The maximum Gasteiger partial charge on any atom is 0.245 e. The molecule has 22 heavy (non-hydrogen) atoms. The molecule has 122 valence electrons. The smallest absolute Gasteiger partial charge is 0.245 e. The van der Waals surface area contributed by atoms with Gasteiger partial charge in [-0.2, -0.15) is 0 Å². The lowest BCUT2D eigenvalue weighted by Gasteiger charge is -2.24. The monoisotopic (exact) mass is 390 g/mol. The first-order valence-electron chi connectivity index (χ1n) is 7.34. The van der Waals surface area contributed by atoms with Crippen LogP contribution >= 0.6 is 27.5 Å². The van der Waals surface area contributed by atoms with Gasteiger partial charge in [0.1, 0.15) is 6.23 Å². The van der Waals surface area contributed by atoms with Gasteiger partial charge in [-0.1, -0.05) is 24.9 Å². The van der Waals surface area contributed by atoms with E-state index in [0.717, 1.165) is 19.3 Å². The summed E-state index contributed by atoms with van der Waals surface area (Å²) in [6.45, 7) is 4.69. The molecule has 2 heterocycles. The topological polar surface area (TPSA) is 76.1 Å². The minimum Gasteiger partial charge on any atom is -0.363 e. The lowest BCUT2D eigenvalue weighted by molar-refractivity contribution is -0.122. The third-order valence-electron chi connectivity index (χ3n) is 3.65. The van der Waals surface area contributed by atoms with Gasteiger partial charge in [0, 0.05) is 6.61 Å². The Labute approximate surface area is 143 Å². The molecule has 2 rings (SSSR count). The summed E-state index contributed by atoms with van der Waals surface area (Å²) in [7, 11) is 0. The number of nitrogens with one attached hydrogen (secondary N) is 2. The van der Waals surface area contributed by atoms with E-state index in [0.29, 0.717) is 23.3 Å². The summed E-state index contributed by atoms with van der Waals surface area (Å²) >= 11 is 9.05. The molecule has 0 unspecified atom stereocenters. The van der Waals surface area contributed by atoms with Gasteiger partial charge in [-0.3, -0.25) is 10.1 Å². The van der Waals surface area contributed by atoms with Gasteiger partial charge in [-0.25, -0.2) is 0 Å². The number of unbranched alkanes of at least 4 members (excludes halogenated alkanes) is 1. The minimum atomic E-state index is -0.683. The minimum absolute atomic E-state index is 0.0814. The van der Waals surface area contributed by atoms with Crippen molar-refractivity contribution < 1.29 is 9.53 Å². The zero-order valence-electron chi connectivity index (χ0n) is 12.7. The van der Waals surface area contributed by atoms with Crippen LogP contribution in [0.2, 0.25) is 5.15 Å². The Bertz CT molecular complexity index is 546. The number of hydrogen-bond acceptors (Lipinski definition) is 5. The lowest BCUT2D eigenvalue weighted by atomic mass is 9.99. The highest BCUT2D eigenvalue weighted by atomic mass is 79.9. The Morgan fingerprint density at radius 1 is 1.64 bits per heavy atom. The second kappa shape index (κ2) is 7.68. The van der Waals surface area contributed by atoms with Gasteiger partial charge >= 0.3 is 0 Å². The zero-order valence-corrected chi connectivity index (χ0v) is 15.0. The molecule has 0 radical (unpaired) electrons. The van der Waals surface area contributed by atoms with Crippen molar-refractivity contribution in [1.29, 1.82) is 0 Å². The van der Waals surface area contributed by atoms with Gasteiger partial charge in [-0.15, -0.1) is 10.2 Å². The fraction of sp³-hybridized carbons (Fsp3) is 0.643. The molecule has 1 aliphatic heterocycles. The van der Waals surface area contributed by atoms with Crippen molar-refractivity contribution in [2.45, 2.75) is 51.3 Å². The summed E-state index contributed by atoms with van der Waals surface area (Å²) in [4.78, 5) is 12.5. The van der Waals surface area contributed by atoms with E-state index in [1.807, 2.05) is 6.92 Å². The van der Waals surface area contributed by atoms with Crippen molar-refractivity contribution in [3.8, 4) is 0 Å². The summed E-state index contributed by atoms with van der Waals surface area (Å²) in [5.41, 5.74) is -0.683. The SMILES string of the molecule is CCCCO[C@@H]1CC[C@@](C)(C(=O)Nc2nnc(Cl)cc2Br)N1. The Kier molecular flexibility index (Phi) is 6.14. The summed E-state index contributed by atoms with van der Waals surface area (Å²) in [6, 6.07) is 1.59. The van der Waals surface area contributed by atoms with Crippen LogP contribution in [0.3, 0.4) is 0 Å². The van der Waals surface area contributed by atoms with Crippen LogP contribution in [0, 0.1) is 0 Å². The van der Waals surface area contributed by atoms with Crippen LogP contribution in [0.4, 0.5) is 5.82 Å². The Morgan fingerprint density at radius 3 is 3.09 bits per heavy atom. The fourth-order valence-electron chi connectivity index (χ4n) is 2.27. The number of rotatable bonds is 6. The predicted octanol–water partition coefficient (Wildman–Crippen LogP) is 3.12. The highest BCUT2D eigenvalue weighted by Crippen LogP contribution is 2.27. The van der Waals surface area contributed by atoms with Gasteiger partial charge in [0.25, 0.3) is 0 Å². The molecule has 0 bridgehead atoms. The molecule has 0 saturated carbocycles. The largest absolute Gasteiger partial charge is 0.363 e. The number of carbonyl (C=O) groups excluding carboxylic acids is 1. The van der Waals surface area contributed by atoms with E-state index in [2.05, 4.69) is 43.7 Å². The van der Waals surface area contributed by atoms with Crippen molar-refractivity contribution in [3.63, 3.8) is 0 Å². The standard InChI is InChI=1S/C14H20BrClN4O2/c1-3-4-7-22-11-5-6-14(2,18-11)13(21)17-12-9(15)8-10(16)19-20-12/h8,11,18H,3-7H2,1-2H3,(H,17,20,21)/t11-,14+/m1/s1. The fourth-order valence-corrected chi connectivity index (χ4v) is 2.94. The molecule has 1 saturated heterocycles. The molecule has 0 aliphatic carbocycles. The normalized spacial score (nSPS) is 24.5. The number of nitrogens with zero attached hydrogens (tertiary/aromatic N) is 2. The number of carbonyl (C=O) groups is 1. The van der Waals surface area contributed by atoms with Crippen molar-refractivity contribution in [1.82, 2.24) is 15.5 Å². The first-order chi connectivity index (χ1) is 10.4. The van der Waals surface area contributed by atoms with E-state index in [9.17, 15) is 4.79 Å². The highest BCUT2D eigenvalue weighted by Gasteiger charge is 2.41. The van der Waals surface area contributed by atoms with Gasteiger partial charge in [0.15, 0.2) is 11.0 Å². The third kappa shape index (κ3) is 4.38. The van der Waals surface area contributed by atoms with Crippen molar-refractivity contribution in [2.24, 2.45) is 0 Å². The molecule has 1 amide bonds. The molecule has 8 heteroatoms. The van der Waals surface area contributed by atoms with Crippen LogP contribution in [0.5, 0.6) is 0 Å². The quantitative estimate of drug-likeness (QED) is 0.729. The molecular weight excluding hydrogens is 372 g/mol. The van der Waals surface area contributed by atoms with Crippen LogP contribution in [0.15, 0.2) is 10.5 Å². The molecule has 6 nitrogen and oxygen atoms in total. The molecular formula is C14H20BrClN4O2. The molecule has 1 aromatic heterocycles. The first-order valence-corrected chi connectivity index (χ1v) is 8.51. The summed E-state index contributed by atoms with van der Waals surface area (Å²) in [6.07, 6.45) is 3.54. The van der Waals surface area contributed by atoms with Crippen LogP contribution in [0.1, 0.15) is 39.5 Å². The van der Waals surface area contributed by atoms with Crippen LogP contribution in [0.25, 0.3) is 0 Å². The van der Waals surface area contributed by atoms with Crippen LogP contribution in [-0.2, 0) is 9.53 Å². The summed E-state index contributed by atoms with van der Waals surface area (Å²) < 4.78 is 6.33. The average molecular weight is 392 g/mol. The maximum absolute atomic E-state index is 12.5. The number of ether oxygens (including phenoxy) is 1. The van der Waals surface area contributed by atoms with Gasteiger partial charge in [0.05, 0.1) is 10.0 Å².